The molecule has 0 aromatic heterocycles. The van der Waals surface area contributed by atoms with Crippen molar-refractivity contribution in [2.24, 2.45) is 5.92 Å². The second kappa shape index (κ2) is 8.83. The number of carbonyl (C=O) groups is 1. The topological polar surface area (TPSA) is 83.5 Å². The summed E-state index contributed by atoms with van der Waals surface area (Å²) in [7, 11) is 0. The molecule has 0 aliphatic carbocycles. The summed E-state index contributed by atoms with van der Waals surface area (Å²) in [4.78, 5) is 10.8. The lowest BCUT2D eigenvalue weighted by molar-refractivity contribution is -0.138. The predicted molar refractivity (Wildman–Crippen MR) is 93.6 cm³/mol. The smallest absolute Gasteiger partial charge is 0.310 e. The SMILES string of the molecule is CC(C)Cc1ccc(C(C)C(=O)O)cc1.Nc1ccccc1O. The van der Waals surface area contributed by atoms with Crippen LogP contribution < -0.4 is 5.73 Å². The summed E-state index contributed by atoms with van der Waals surface area (Å²) >= 11 is 0. The number of carboxylic acid groups (broad SMARTS) is 1. The van der Waals surface area contributed by atoms with Crippen molar-refractivity contribution in [3.05, 3.63) is 59.7 Å². The minimum absolute atomic E-state index is 0.146. The minimum Gasteiger partial charge on any atom is -0.506 e. The zero-order valence-corrected chi connectivity index (χ0v) is 13.9. The number of benzene rings is 2. The summed E-state index contributed by atoms with van der Waals surface area (Å²) in [5.74, 6) is -0.412. The zero-order valence-electron chi connectivity index (χ0n) is 13.9. The molecular weight excluding hydrogens is 290 g/mol. The van der Waals surface area contributed by atoms with Gasteiger partial charge in [-0.05, 0) is 42.5 Å². The van der Waals surface area contributed by atoms with Gasteiger partial charge in [-0.2, -0.15) is 0 Å². The van der Waals surface area contributed by atoms with Gasteiger partial charge >= 0.3 is 5.97 Å². The zero-order chi connectivity index (χ0) is 17.4. The molecule has 0 radical (unpaired) electrons. The van der Waals surface area contributed by atoms with Gasteiger partial charge in [0.1, 0.15) is 5.75 Å². The molecular formula is C19H25NO3. The number of phenolic OH excluding ortho intramolecular Hbond substituents is 1. The minimum atomic E-state index is -0.772. The molecule has 1 unspecified atom stereocenters. The maximum atomic E-state index is 10.8. The van der Waals surface area contributed by atoms with Gasteiger partial charge in [-0.1, -0.05) is 50.2 Å². The number of para-hydroxylation sites is 2. The van der Waals surface area contributed by atoms with Crippen LogP contribution in [0, 0.1) is 5.92 Å². The number of nitrogen functional groups attached to an aromatic ring is 1. The Hall–Kier alpha value is -2.49. The largest absolute Gasteiger partial charge is 0.506 e. The van der Waals surface area contributed by atoms with E-state index in [1.54, 1.807) is 31.2 Å². The molecule has 0 amide bonds. The standard InChI is InChI=1S/C13H18O2.C6H7NO/c1-9(2)8-11-4-6-12(7-5-11)10(3)13(14)15;7-5-3-1-2-4-6(5)8/h4-7,9-10H,8H2,1-3H3,(H,14,15);1-4,8H,7H2. The molecule has 0 spiro atoms. The Morgan fingerprint density at radius 1 is 1.04 bits per heavy atom. The van der Waals surface area contributed by atoms with Gasteiger partial charge < -0.3 is 15.9 Å². The molecule has 0 heterocycles. The molecule has 2 aromatic carbocycles. The highest BCUT2D eigenvalue weighted by molar-refractivity contribution is 5.75. The lowest BCUT2D eigenvalue weighted by atomic mass is 9.97. The summed E-state index contributed by atoms with van der Waals surface area (Å²) in [6.07, 6.45) is 1.04. The molecule has 4 nitrogen and oxygen atoms in total. The number of phenols is 1. The maximum Gasteiger partial charge on any atom is 0.310 e. The number of aromatic hydroxyl groups is 1. The maximum absolute atomic E-state index is 10.8. The fraction of sp³-hybridized carbons (Fsp3) is 0.316. The van der Waals surface area contributed by atoms with E-state index in [1.165, 1.54) is 5.56 Å². The molecule has 0 saturated heterocycles. The van der Waals surface area contributed by atoms with Crippen molar-refractivity contribution < 1.29 is 15.0 Å². The number of aliphatic carboxylic acids is 1. The average molecular weight is 315 g/mol. The van der Waals surface area contributed by atoms with Crippen LogP contribution in [0.4, 0.5) is 5.69 Å². The highest BCUT2D eigenvalue weighted by Gasteiger charge is 2.12. The first-order valence-electron chi connectivity index (χ1n) is 7.66. The number of rotatable bonds is 4. The number of anilines is 1. The molecule has 0 saturated carbocycles. The fourth-order valence-corrected chi connectivity index (χ4v) is 2.04. The van der Waals surface area contributed by atoms with E-state index in [1.807, 2.05) is 24.3 Å². The van der Waals surface area contributed by atoms with Crippen molar-refractivity contribution >= 4 is 11.7 Å². The Kier molecular flexibility index (Phi) is 7.13. The molecule has 0 aliphatic rings. The third kappa shape index (κ3) is 6.43. The second-order valence-corrected chi connectivity index (χ2v) is 5.96. The Morgan fingerprint density at radius 3 is 2.00 bits per heavy atom. The van der Waals surface area contributed by atoms with Crippen LogP contribution in [0.2, 0.25) is 0 Å². The summed E-state index contributed by atoms with van der Waals surface area (Å²) in [5, 5.41) is 17.6. The number of nitrogens with two attached hydrogens (primary N) is 1. The van der Waals surface area contributed by atoms with E-state index in [-0.39, 0.29) is 5.75 Å². The summed E-state index contributed by atoms with van der Waals surface area (Å²) in [6, 6.07) is 14.6. The molecule has 0 bridgehead atoms. The molecule has 2 aromatic rings. The van der Waals surface area contributed by atoms with Gasteiger partial charge in [0.25, 0.3) is 0 Å². The molecule has 4 heteroatoms. The van der Waals surface area contributed by atoms with Gasteiger partial charge in [-0.3, -0.25) is 4.79 Å². The molecule has 1 atom stereocenters. The number of hydrogen-bond acceptors (Lipinski definition) is 3. The summed E-state index contributed by atoms with van der Waals surface area (Å²) in [6.45, 7) is 6.06. The first-order chi connectivity index (χ1) is 10.8. The van der Waals surface area contributed by atoms with Crippen LogP contribution in [0.3, 0.4) is 0 Å². The molecule has 124 valence electrons. The van der Waals surface area contributed by atoms with Crippen molar-refractivity contribution in [1.29, 1.82) is 0 Å². The van der Waals surface area contributed by atoms with Gasteiger partial charge in [-0.25, -0.2) is 0 Å². The van der Waals surface area contributed by atoms with Gasteiger partial charge in [0.2, 0.25) is 0 Å². The molecule has 0 fully saturated rings. The van der Waals surface area contributed by atoms with Crippen LogP contribution in [-0.2, 0) is 11.2 Å². The highest BCUT2D eigenvalue weighted by Crippen LogP contribution is 2.17. The summed E-state index contributed by atoms with van der Waals surface area (Å²) < 4.78 is 0. The lowest BCUT2D eigenvalue weighted by Gasteiger charge is -2.09. The van der Waals surface area contributed by atoms with Crippen molar-refractivity contribution in [2.75, 3.05) is 5.73 Å². The third-order valence-corrected chi connectivity index (χ3v) is 3.43. The van der Waals surface area contributed by atoms with E-state index >= 15 is 0 Å². The molecule has 4 N–H and O–H groups in total. The van der Waals surface area contributed by atoms with E-state index in [4.69, 9.17) is 15.9 Å². The van der Waals surface area contributed by atoms with Crippen molar-refractivity contribution in [1.82, 2.24) is 0 Å². The van der Waals surface area contributed by atoms with Crippen LogP contribution in [0.1, 0.15) is 37.8 Å². The van der Waals surface area contributed by atoms with E-state index < -0.39 is 11.9 Å². The normalized spacial score (nSPS) is 11.5. The summed E-state index contributed by atoms with van der Waals surface area (Å²) in [5.41, 5.74) is 7.83. The molecule has 0 aliphatic heterocycles. The quantitative estimate of drug-likeness (QED) is 0.587. The average Bonchev–Trinajstić information content (AvgIpc) is 2.50. The molecule has 2 rings (SSSR count). The number of carboxylic acids is 1. The monoisotopic (exact) mass is 315 g/mol. The lowest BCUT2D eigenvalue weighted by Crippen LogP contribution is -2.07. The predicted octanol–water partition coefficient (Wildman–Crippen LogP) is 4.05. The van der Waals surface area contributed by atoms with Crippen LogP contribution >= 0.6 is 0 Å². The van der Waals surface area contributed by atoms with Crippen LogP contribution in [0.5, 0.6) is 5.75 Å². The fourth-order valence-electron chi connectivity index (χ4n) is 2.04. The van der Waals surface area contributed by atoms with Crippen molar-refractivity contribution in [3.8, 4) is 5.75 Å². The van der Waals surface area contributed by atoms with Gasteiger partial charge in [0.05, 0.1) is 11.6 Å². The van der Waals surface area contributed by atoms with Gasteiger partial charge in [-0.15, -0.1) is 0 Å². The second-order valence-electron chi connectivity index (χ2n) is 5.96. The Balaban J connectivity index is 0.000000277. The van der Waals surface area contributed by atoms with Crippen molar-refractivity contribution in [2.45, 2.75) is 33.1 Å². The first kappa shape index (κ1) is 18.6. The van der Waals surface area contributed by atoms with E-state index in [9.17, 15) is 4.79 Å². The molecule has 23 heavy (non-hydrogen) atoms. The van der Waals surface area contributed by atoms with Crippen molar-refractivity contribution in [3.63, 3.8) is 0 Å². The Labute approximate surface area is 137 Å². The van der Waals surface area contributed by atoms with Crippen LogP contribution in [-0.4, -0.2) is 16.2 Å². The Morgan fingerprint density at radius 2 is 1.61 bits per heavy atom. The van der Waals surface area contributed by atoms with Gasteiger partial charge in [0, 0.05) is 0 Å². The van der Waals surface area contributed by atoms with Crippen LogP contribution in [0.15, 0.2) is 48.5 Å². The first-order valence-corrected chi connectivity index (χ1v) is 7.66. The van der Waals surface area contributed by atoms with Gasteiger partial charge in [0.15, 0.2) is 0 Å². The number of hydrogen-bond donors (Lipinski definition) is 3. The van der Waals surface area contributed by atoms with E-state index in [2.05, 4.69) is 13.8 Å². The Bertz CT molecular complexity index is 600. The van der Waals surface area contributed by atoms with Crippen LogP contribution in [0.25, 0.3) is 0 Å². The van der Waals surface area contributed by atoms with E-state index in [0.29, 0.717) is 11.6 Å². The van der Waals surface area contributed by atoms with E-state index in [0.717, 1.165) is 12.0 Å². The third-order valence-electron chi connectivity index (χ3n) is 3.43. The highest BCUT2D eigenvalue weighted by atomic mass is 16.4.